The van der Waals surface area contributed by atoms with Gasteiger partial charge in [0.15, 0.2) is 5.83 Å². The molecule has 0 radical (unpaired) electrons. The van der Waals surface area contributed by atoms with Crippen LogP contribution in [-0.2, 0) is 11.0 Å². The van der Waals surface area contributed by atoms with Crippen molar-refractivity contribution in [3.8, 4) is 11.8 Å². The molecule has 2 rings (SSSR count). The van der Waals surface area contributed by atoms with Crippen LogP contribution in [0.25, 0.3) is 0 Å². The second kappa shape index (κ2) is 8.84. The third-order valence-corrected chi connectivity index (χ3v) is 4.59. The van der Waals surface area contributed by atoms with E-state index in [1.807, 2.05) is 0 Å². The molecule has 0 atom stereocenters. The molecule has 0 unspecified atom stereocenters. The van der Waals surface area contributed by atoms with Gasteiger partial charge in [-0.15, -0.1) is 0 Å². The first-order chi connectivity index (χ1) is 12.3. The minimum Gasteiger partial charge on any atom is -0.426 e. The van der Waals surface area contributed by atoms with Crippen LogP contribution in [0.1, 0.15) is 44.1 Å². The summed E-state index contributed by atoms with van der Waals surface area (Å²) in [6, 6.07) is 5.48. The van der Waals surface area contributed by atoms with Crippen molar-refractivity contribution >= 4 is 5.97 Å². The number of hydrogen-bond acceptors (Lipinski definition) is 3. The topological polar surface area (TPSA) is 50.1 Å². The number of carbonyl (C=O) groups is 1. The maximum Gasteiger partial charge on any atom is 0.416 e. The summed E-state index contributed by atoms with van der Waals surface area (Å²) in [5.41, 5.74) is -0.792. The molecule has 0 bridgehead atoms. The first-order valence-electron chi connectivity index (χ1n) is 8.44. The van der Waals surface area contributed by atoms with Crippen LogP contribution >= 0.6 is 0 Å². The number of nitriles is 1. The second-order valence-corrected chi connectivity index (χ2v) is 6.40. The zero-order valence-electron chi connectivity index (χ0n) is 14.1. The molecule has 1 aliphatic rings. The predicted octanol–water partition coefficient (Wildman–Crippen LogP) is 5.57. The van der Waals surface area contributed by atoms with Crippen LogP contribution in [-0.4, -0.2) is 5.97 Å². The molecular formula is C19H19F4NO2. The Hall–Kier alpha value is -2.36. The van der Waals surface area contributed by atoms with E-state index in [9.17, 15) is 22.4 Å². The van der Waals surface area contributed by atoms with Crippen molar-refractivity contribution in [3.63, 3.8) is 0 Å². The highest BCUT2D eigenvalue weighted by Gasteiger charge is 2.31. The van der Waals surface area contributed by atoms with E-state index in [2.05, 4.69) is 0 Å². The largest absolute Gasteiger partial charge is 0.426 e. The van der Waals surface area contributed by atoms with Crippen LogP contribution in [0.15, 0.2) is 36.2 Å². The molecule has 0 N–H and O–H groups in total. The van der Waals surface area contributed by atoms with Crippen LogP contribution < -0.4 is 4.74 Å². The van der Waals surface area contributed by atoms with Gasteiger partial charge < -0.3 is 4.74 Å². The molecule has 1 fully saturated rings. The Bertz CT molecular complexity index is 681. The summed E-state index contributed by atoms with van der Waals surface area (Å²) >= 11 is 0. The molecular weight excluding hydrogens is 350 g/mol. The zero-order chi connectivity index (χ0) is 19.2. The highest BCUT2D eigenvalue weighted by molar-refractivity contribution is 5.75. The van der Waals surface area contributed by atoms with Gasteiger partial charge >= 0.3 is 12.1 Å². The minimum atomic E-state index is -4.42. The van der Waals surface area contributed by atoms with E-state index in [0.717, 1.165) is 43.5 Å². The van der Waals surface area contributed by atoms with Crippen molar-refractivity contribution < 1.29 is 27.1 Å². The van der Waals surface area contributed by atoms with Crippen LogP contribution in [0.5, 0.6) is 5.75 Å². The molecule has 26 heavy (non-hydrogen) atoms. The fourth-order valence-corrected chi connectivity index (χ4v) is 3.09. The molecule has 140 valence electrons. The zero-order valence-corrected chi connectivity index (χ0v) is 14.1. The van der Waals surface area contributed by atoms with Crippen LogP contribution in [0.3, 0.4) is 0 Å². The lowest BCUT2D eigenvalue weighted by atomic mass is 9.80. The molecule has 1 aliphatic carbocycles. The van der Waals surface area contributed by atoms with Gasteiger partial charge in [-0.1, -0.05) is 0 Å². The highest BCUT2D eigenvalue weighted by Crippen LogP contribution is 2.33. The summed E-state index contributed by atoms with van der Waals surface area (Å²) in [7, 11) is 0. The van der Waals surface area contributed by atoms with Gasteiger partial charge in [-0.05, 0) is 74.8 Å². The fourth-order valence-electron chi connectivity index (χ4n) is 3.09. The van der Waals surface area contributed by atoms with Crippen molar-refractivity contribution in [2.24, 2.45) is 11.8 Å². The molecule has 0 heterocycles. The Balaban J connectivity index is 1.79. The normalized spacial score (nSPS) is 21.1. The van der Waals surface area contributed by atoms with E-state index in [0.29, 0.717) is 25.2 Å². The Morgan fingerprint density at radius 1 is 1.19 bits per heavy atom. The van der Waals surface area contributed by atoms with E-state index < -0.39 is 23.5 Å². The summed E-state index contributed by atoms with van der Waals surface area (Å²) < 4.78 is 55.5. The maximum atomic E-state index is 12.7. The van der Waals surface area contributed by atoms with Gasteiger partial charge in [-0.25, -0.2) is 0 Å². The number of halogens is 4. The van der Waals surface area contributed by atoms with Gasteiger partial charge in [0.25, 0.3) is 0 Å². The average Bonchev–Trinajstić information content (AvgIpc) is 2.61. The minimum absolute atomic E-state index is 0.0993. The first-order valence-corrected chi connectivity index (χ1v) is 8.44. The van der Waals surface area contributed by atoms with Gasteiger partial charge in [0.1, 0.15) is 11.8 Å². The third kappa shape index (κ3) is 5.87. The van der Waals surface area contributed by atoms with Crippen molar-refractivity contribution in [1.29, 1.82) is 5.26 Å². The molecule has 3 nitrogen and oxygen atoms in total. The number of benzene rings is 1. The molecule has 1 aromatic rings. The number of esters is 1. The van der Waals surface area contributed by atoms with Crippen LogP contribution in [0.2, 0.25) is 0 Å². The average molecular weight is 369 g/mol. The lowest BCUT2D eigenvalue weighted by Gasteiger charge is -2.26. The first kappa shape index (κ1) is 20.0. The van der Waals surface area contributed by atoms with Crippen molar-refractivity contribution in [3.05, 3.63) is 41.7 Å². The molecule has 1 saturated carbocycles. The summed E-state index contributed by atoms with van der Waals surface area (Å²) in [6.07, 6.45) is 0.963. The van der Waals surface area contributed by atoms with E-state index >= 15 is 0 Å². The summed E-state index contributed by atoms with van der Waals surface area (Å²) in [5.74, 6) is -1.02. The molecule has 0 saturated heterocycles. The van der Waals surface area contributed by atoms with Gasteiger partial charge in [-0.3, -0.25) is 4.79 Å². The smallest absolute Gasteiger partial charge is 0.416 e. The number of nitrogens with zero attached hydrogens (tertiary/aromatic N) is 1. The SMILES string of the molecule is N#C/C(F)=C\CCC1CCC(C(=O)Oc2ccc(C(F)(F)F)cc2)CC1. The molecule has 0 amide bonds. The maximum absolute atomic E-state index is 12.7. The predicted molar refractivity (Wildman–Crippen MR) is 86.6 cm³/mol. The Labute approximate surface area is 149 Å². The lowest BCUT2D eigenvalue weighted by Crippen LogP contribution is -2.25. The van der Waals surface area contributed by atoms with Gasteiger partial charge in [0.05, 0.1) is 11.5 Å². The Kier molecular flexibility index (Phi) is 6.78. The summed E-state index contributed by atoms with van der Waals surface area (Å²) in [6.45, 7) is 0. The monoisotopic (exact) mass is 369 g/mol. The summed E-state index contributed by atoms with van der Waals surface area (Å²) in [5, 5.41) is 8.34. The fraction of sp³-hybridized carbons (Fsp3) is 0.474. The van der Waals surface area contributed by atoms with Gasteiger partial charge in [-0.2, -0.15) is 22.8 Å². The number of rotatable bonds is 5. The standard InChI is InChI=1S/C19H19F4NO2/c20-16(12-24)3-1-2-13-4-6-14(7-5-13)18(25)26-17-10-8-15(9-11-17)19(21,22)23/h3,8-11,13-14H,1-2,4-7H2/b16-3+. The van der Waals surface area contributed by atoms with E-state index in [1.54, 1.807) is 0 Å². The van der Waals surface area contributed by atoms with Crippen molar-refractivity contribution in [2.75, 3.05) is 0 Å². The molecule has 0 spiro atoms. The van der Waals surface area contributed by atoms with Crippen LogP contribution in [0.4, 0.5) is 17.6 Å². The highest BCUT2D eigenvalue weighted by atomic mass is 19.4. The summed E-state index contributed by atoms with van der Waals surface area (Å²) in [4.78, 5) is 12.2. The van der Waals surface area contributed by atoms with E-state index in [-0.39, 0.29) is 11.7 Å². The van der Waals surface area contributed by atoms with E-state index in [4.69, 9.17) is 10.00 Å². The molecule has 7 heteroatoms. The van der Waals surface area contributed by atoms with E-state index in [1.165, 1.54) is 12.1 Å². The van der Waals surface area contributed by atoms with Crippen LogP contribution in [0, 0.1) is 23.2 Å². The number of ether oxygens (including phenoxy) is 1. The second-order valence-electron chi connectivity index (χ2n) is 6.40. The number of carbonyl (C=O) groups excluding carboxylic acids is 1. The van der Waals surface area contributed by atoms with Gasteiger partial charge in [0.2, 0.25) is 0 Å². The number of alkyl halides is 3. The third-order valence-electron chi connectivity index (χ3n) is 4.59. The van der Waals surface area contributed by atoms with Gasteiger partial charge in [0, 0.05) is 0 Å². The quantitative estimate of drug-likeness (QED) is 0.295. The molecule has 0 aromatic heterocycles. The van der Waals surface area contributed by atoms with Crippen molar-refractivity contribution in [1.82, 2.24) is 0 Å². The Morgan fingerprint density at radius 3 is 2.35 bits per heavy atom. The molecule has 0 aliphatic heterocycles. The van der Waals surface area contributed by atoms with Crippen molar-refractivity contribution in [2.45, 2.75) is 44.7 Å². The molecule has 1 aromatic carbocycles. The number of allylic oxidation sites excluding steroid dienone is 2. The Morgan fingerprint density at radius 2 is 1.81 bits per heavy atom. The number of hydrogen-bond donors (Lipinski definition) is 0. The lowest BCUT2D eigenvalue weighted by molar-refractivity contribution is -0.140.